The number of halogens is 2. The maximum absolute atomic E-state index is 12.2. The van der Waals surface area contributed by atoms with Gasteiger partial charge in [-0.15, -0.1) is 10.2 Å². The molecule has 2 aromatic carbocycles. The van der Waals surface area contributed by atoms with Crippen LogP contribution in [0.15, 0.2) is 42.5 Å². The molecule has 0 saturated carbocycles. The highest BCUT2D eigenvalue weighted by Gasteiger charge is 2.13. The van der Waals surface area contributed by atoms with E-state index >= 15 is 0 Å². The molecule has 0 unspecified atom stereocenters. The topological polar surface area (TPSA) is 84.2 Å². The number of benzene rings is 2. The first-order valence-electron chi connectivity index (χ1n) is 9.91. The molecule has 2 N–H and O–H groups in total. The summed E-state index contributed by atoms with van der Waals surface area (Å²) < 4.78 is 1.77. The number of hydrogen-bond acceptors (Lipinski definition) is 6. The van der Waals surface area contributed by atoms with Crippen LogP contribution < -0.4 is 10.6 Å². The van der Waals surface area contributed by atoms with E-state index in [-0.39, 0.29) is 11.0 Å². The van der Waals surface area contributed by atoms with Gasteiger partial charge in [0.2, 0.25) is 10.9 Å². The van der Waals surface area contributed by atoms with Crippen LogP contribution in [0.25, 0.3) is 21.6 Å². The first kappa shape index (κ1) is 23.3. The predicted octanol–water partition coefficient (Wildman–Crippen LogP) is 5.56. The third-order valence-corrected chi connectivity index (χ3v) is 6.42. The lowest BCUT2D eigenvalue weighted by molar-refractivity contribution is -0.115. The van der Waals surface area contributed by atoms with E-state index in [2.05, 4.69) is 25.9 Å². The average Bonchev–Trinajstić information content (AvgIpc) is 3.35. The minimum Gasteiger partial charge on any atom is -0.332 e. The van der Waals surface area contributed by atoms with Gasteiger partial charge in [-0.2, -0.15) is 9.61 Å². The molecule has 4 aromatic rings. The molecule has 0 radical (unpaired) electrons. The SMILES string of the molecule is CCc1nnc2sc(-c3ccc(NC(=S)NC(=O)/C=C/c4ccc(Cl)cc4Cl)c(C)c3)nn12. The quantitative estimate of drug-likeness (QED) is 0.267. The van der Waals surface area contributed by atoms with Gasteiger partial charge in [0.15, 0.2) is 10.9 Å². The minimum atomic E-state index is -0.376. The molecule has 2 heterocycles. The van der Waals surface area contributed by atoms with Gasteiger partial charge < -0.3 is 5.32 Å². The fraction of sp³-hybridized carbons (Fsp3) is 0.136. The summed E-state index contributed by atoms with van der Waals surface area (Å²) in [5, 5.41) is 20.6. The summed E-state index contributed by atoms with van der Waals surface area (Å²) in [4.78, 5) is 13.0. The molecule has 0 bridgehead atoms. The molecule has 33 heavy (non-hydrogen) atoms. The van der Waals surface area contributed by atoms with Gasteiger partial charge in [0.1, 0.15) is 5.01 Å². The van der Waals surface area contributed by atoms with Gasteiger partial charge in [-0.05, 0) is 66.7 Å². The molecule has 7 nitrogen and oxygen atoms in total. The number of carbonyl (C=O) groups is 1. The zero-order valence-corrected chi connectivity index (χ0v) is 20.7. The Balaban J connectivity index is 1.41. The molecule has 0 spiro atoms. The fourth-order valence-corrected chi connectivity index (χ4v) is 4.58. The third kappa shape index (κ3) is 5.39. The number of carbonyl (C=O) groups excluding carboxylic acids is 1. The second kappa shape index (κ2) is 9.96. The third-order valence-electron chi connectivity index (χ3n) is 4.71. The Kier molecular flexibility index (Phi) is 7.04. The van der Waals surface area contributed by atoms with Crippen molar-refractivity contribution in [3.8, 4) is 10.6 Å². The molecule has 0 saturated heterocycles. The predicted molar refractivity (Wildman–Crippen MR) is 138 cm³/mol. The van der Waals surface area contributed by atoms with Crippen molar-refractivity contribution in [3.05, 3.63) is 69.5 Å². The van der Waals surface area contributed by atoms with Crippen molar-refractivity contribution in [2.24, 2.45) is 0 Å². The van der Waals surface area contributed by atoms with E-state index in [9.17, 15) is 4.79 Å². The Morgan fingerprint density at radius 2 is 2.03 bits per heavy atom. The van der Waals surface area contributed by atoms with Crippen LogP contribution >= 0.6 is 46.8 Å². The molecule has 1 amide bonds. The number of aryl methyl sites for hydroxylation is 2. The van der Waals surface area contributed by atoms with E-state index in [0.717, 1.165) is 39.0 Å². The maximum Gasteiger partial charge on any atom is 0.250 e. The Labute approximate surface area is 209 Å². The number of thiocarbonyl (C=S) groups is 1. The lowest BCUT2D eigenvalue weighted by Gasteiger charge is -2.11. The molecule has 0 aliphatic carbocycles. The van der Waals surface area contributed by atoms with Crippen molar-refractivity contribution in [1.29, 1.82) is 0 Å². The average molecular weight is 517 g/mol. The summed E-state index contributed by atoms with van der Waals surface area (Å²) in [5.74, 6) is 0.454. The number of amides is 1. The van der Waals surface area contributed by atoms with Crippen molar-refractivity contribution in [3.63, 3.8) is 0 Å². The minimum absolute atomic E-state index is 0.189. The van der Waals surface area contributed by atoms with Crippen molar-refractivity contribution in [1.82, 2.24) is 25.1 Å². The van der Waals surface area contributed by atoms with Crippen molar-refractivity contribution in [2.75, 3.05) is 5.32 Å². The second-order valence-electron chi connectivity index (χ2n) is 7.04. The van der Waals surface area contributed by atoms with Crippen LogP contribution in [-0.2, 0) is 11.2 Å². The Bertz CT molecular complexity index is 1400. The zero-order chi connectivity index (χ0) is 23.5. The highest BCUT2D eigenvalue weighted by Crippen LogP contribution is 2.29. The smallest absolute Gasteiger partial charge is 0.250 e. The van der Waals surface area contributed by atoms with Gasteiger partial charge in [0, 0.05) is 33.8 Å². The van der Waals surface area contributed by atoms with E-state index in [1.807, 2.05) is 32.0 Å². The first-order chi connectivity index (χ1) is 15.8. The normalized spacial score (nSPS) is 11.3. The number of anilines is 1. The molecule has 0 fully saturated rings. The Morgan fingerprint density at radius 3 is 2.76 bits per heavy atom. The zero-order valence-electron chi connectivity index (χ0n) is 17.6. The molecule has 168 valence electrons. The van der Waals surface area contributed by atoms with Gasteiger partial charge >= 0.3 is 0 Å². The van der Waals surface area contributed by atoms with E-state index in [1.54, 1.807) is 28.8 Å². The van der Waals surface area contributed by atoms with Gasteiger partial charge in [0.25, 0.3) is 0 Å². The Morgan fingerprint density at radius 1 is 1.21 bits per heavy atom. The van der Waals surface area contributed by atoms with Crippen LogP contribution in [0.3, 0.4) is 0 Å². The summed E-state index contributed by atoms with van der Waals surface area (Å²) in [7, 11) is 0. The number of aromatic nitrogens is 4. The molecule has 4 rings (SSSR count). The molecule has 2 aromatic heterocycles. The molecule has 0 atom stereocenters. The lowest BCUT2D eigenvalue weighted by atomic mass is 10.1. The number of hydrogen-bond donors (Lipinski definition) is 2. The van der Waals surface area contributed by atoms with E-state index in [1.165, 1.54) is 17.4 Å². The summed E-state index contributed by atoms with van der Waals surface area (Å²) in [6, 6.07) is 10.9. The molecule has 11 heteroatoms. The summed E-state index contributed by atoms with van der Waals surface area (Å²) in [5.41, 5.74) is 3.38. The Hall–Kier alpha value is -2.85. The first-order valence-corrected chi connectivity index (χ1v) is 11.9. The summed E-state index contributed by atoms with van der Waals surface area (Å²) in [6.45, 7) is 3.97. The van der Waals surface area contributed by atoms with Gasteiger partial charge in [0.05, 0.1) is 0 Å². The van der Waals surface area contributed by atoms with E-state index < -0.39 is 0 Å². The number of rotatable bonds is 5. The van der Waals surface area contributed by atoms with Crippen molar-refractivity contribution in [2.45, 2.75) is 20.3 Å². The highest BCUT2D eigenvalue weighted by molar-refractivity contribution is 7.80. The van der Waals surface area contributed by atoms with Crippen LogP contribution in [0.5, 0.6) is 0 Å². The van der Waals surface area contributed by atoms with E-state index in [0.29, 0.717) is 15.6 Å². The lowest BCUT2D eigenvalue weighted by Crippen LogP contribution is -2.33. The molecular weight excluding hydrogens is 499 g/mol. The summed E-state index contributed by atoms with van der Waals surface area (Å²) in [6.07, 6.45) is 3.72. The monoisotopic (exact) mass is 516 g/mol. The van der Waals surface area contributed by atoms with Gasteiger partial charge in [-0.1, -0.05) is 47.5 Å². The largest absolute Gasteiger partial charge is 0.332 e. The van der Waals surface area contributed by atoms with Gasteiger partial charge in [-0.25, -0.2) is 0 Å². The number of fused-ring (bicyclic) bond motifs is 1. The van der Waals surface area contributed by atoms with Crippen molar-refractivity contribution >= 4 is 74.5 Å². The highest BCUT2D eigenvalue weighted by atomic mass is 35.5. The van der Waals surface area contributed by atoms with Gasteiger partial charge in [-0.3, -0.25) is 10.1 Å². The van der Waals surface area contributed by atoms with Crippen molar-refractivity contribution < 1.29 is 4.79 Å². The van der Waals surface area contributed by atoms with Crippen LogP contribution in [-0.4, -0.2) is 30.8 Å². The molecule has 0 aliphatic rings. The van der Waals surface area contributed by atoms with Crippen LogP contribution in [0.2, 0.25) is 10.0 Å². The second-order valence-corrected chi connectivity index (χ2v) is 9.25. The molecule has 0 aliphatic heterocycles. The summed E-state index contributed by atoms with van der Waals surface area (Å²) >= 11 is 18.8. The van der Waals surface area contributed by atoms with Crippen LogP contribution in [0.4, 0.5) is 5.69 Å². The van der Waals surface area contributed by atoms with Crippen LogP contribution in [0.1, 0.15) is 23.9 Å². The van der Waals surface area contributed by atoms with E-state index in [4.69, 9.17) is 35.4 Å². The number of nitrogens with one attached hydrogen (secondary N) is 2. The fourth-order valence-electron chi connectivity index (χ4n) is 3.04. The standard InChI is InChI=1S/C22H18Cl2N6OS2/c1-3-18-27-28-22-30(18)29-20(33-22)14-5-8-17(12(2)10-14)25-21(32)26-19(31)9-6-13-4-7-15(23)11-16(13)24/h4-11H,3H2,1-2H3,(H2,25,26,31,32)/b9-6+. The van der Waals surface area contributed by atoms with Crippen LogP contribution in [0, 0.1) is 6.92 Å². The number of nitrogens with zero attached hydrogens (tertiary/aromatic N) is 4. The molecular formula is C22H18Cl2N6OS2. The maximum atomic E-state index is 12.2.